The van der Waals surface area contributed by atoms with E-state index in [0.29, 0.717) is 12.7 Å². The Morgan fingerprint density at radius 2 is 2.00 bits per heavy atom. The highest BCUT2D eigenvalue weighted by atomic mass is 32.2. The lowest BCUT2D eigenvalue weighted by atomic mass is 9.99. The molecule has 0 aliphatic heterocycles. The van der Waals surface area contributed by atoms with Gasteiger partial charge < -0.3 is 15.2 Å². The second-order valence-electron chi connectivity index (χ2n) is 4.78. The van der Waals surface area contributed by atoms with Gasteiger partial charge in [-0.25, -0.2) is 8.42 Å². The summed E-state index contributed by atoms with van der Waals surface area (Å²) in [6, 6.07) is 0. The zero-order valence-corrected chi connectivity index (χ0v) is 11.8. The number of hydrogen-bond acceptors (Lipinski definition) is 5. The van der Waals surface area contributed by atoms with E-state index in [-0.39, 0.29) is 18.1 Å². The molecule has 0 heterocycles. The molecular weight excluding hydrogens is 258 g/mol. The molecule has 0 spiro atoms. The molecule has 7 heteroatoms. The van der Waals surface area contributed by atoms with Gasteiger partial charge in [0.05, 0.1) is 11.5 Å². The lowest BCUT2D eigenvalue weighted by molar-refractivity contribution is -0.144. The van der Waals surface area contributed by atoms with Gasteiger partial charge in [-0.15, -0.1) is 0 Å². The van der Waals surface area contributed by atoms with Crippen LogP contribution in [0.4, 0.5) is 0 Å². The van der Waals surface area contributed by atoms with Gasteiger partial charge in [-0.3, -0.25) is 4.79 Å². The summed E-state index contributed by atoms with van der Waals surface area (Å²) < 4.78 is 23.7. The number of carboxylic acids is 1. The molecule has 0 radical (unpaired) electrons. The molecule has 18 heavy (non-hydrogen) atoms. The van der Waals surface area contributed by atoms with E-state index < -0.39 is 27.1 Å². The highest BCUT2D eigenvalue weighted by molar-refractivity contribution is 7.91. The molecule has 0 aliphatic carbocycles. The number of nitrogens with one attached hydrogen (secondary N) is 1. The Bertz CT molecular complexity index is 390. The fourth-order valence-electron chi connectivity index (χ4n) is 1.49. The van der Waals surface area contributed by atoms with Gasteiger partial charge >= 0.3 is 5.97 Å². The van der Waals surface area contributed by atoms with E-state index in [2.05, 4.69) is 5.32 Å². The molecule has 0 aromatic carbocycles. The Hall–Kier alpha value is -0.950. The first-order chi connectivity index (χ1) is 8.19. The summed E-state index contributed by atoms with van der Waals surface area (Å²) in [4.78, 5) is 21.7. The van der Waals surface area contributed by atoms with Gasteiger partial charge in [0.25, 0.3) is 0 Å². The monoisotopic (exact) mass is 279 g/mol. The van der Waals surface area contributed by atoms with E-state index in [1.165, 1.54) is 7.05 Å². The standard InChI is InChI=1S/C11H21NO5S/c1-9(2)4-7-18(16,17)8-11(12-3,5-6-13)10(14)15/h6,9,12H,4-5,7-8H2,1-3H3,(H,14,15). The van der Waals surface area contributed by atoms with Gasteiger partial charge in [-0.05, 0) is 19.4 Å². The average molecular weight is 279 g/mol. The summed E-state index contributed by atoms with van der Waals surface area (Å²) in [5.41, 5.74) is -1.72. The number of hydrogen-bond donors (Lipinski definition) is 2. The van der Waals surface area contributed by atoms with Crippen molar-refractivity contribution in [2.45, 2.75) is 32.2 Å². The van der Waals surface area contributed by atoms with Crippen LogP contribution in [0.25, 0.3) is 0 Å². The minimum absolute atomic E-state index is 0.0692. The first-order valence-electron chi connectivity index (χ1n) is 5.75. The molecular formula is C11H21NO5S. The van der Waals surface area contributed by atoms with Crippen molar-refractivity contribution in [2.75, 3.05) is 18.6 Å². The van der Waals surface area contributed by atoms with E-state index in [1.54, 1.807) is 0 Å². The predicted molar refractivity (Wildman–Crippen MR) is 68.2 cm³/mol. The van der Waals surface area contributed by atoms with Crippen molar-refractivity contribution in [3.05, 3.63) is 0 Å². The molecule has 0 saturated heterocycles. The van der Waals surface area contributed by atoms with Gasteiger partial charge in [-0.1, -0.05) is 13.8 Å². The van der Waals surface area contributed by atoms with Crippen molar-refractivity contribution >= 4 is 22.1 Å². The maximum absolute atomic E-state index is 11.9. The highest BCUT2D eigenvalue weighted by Gasteiger charge is 2.41. The van der Waals surface area contributed by atoms with Crippen molar-refractivity contribution < 1.29 is 23.1 Å². The molecule has 1 unspecified atom stereocenters. The molecule has 0 saturated carbocycles. The second-order valence-corrected chi connectivity index (χ2v) is 6.97. The third kappa shape index (κ3) is 5.14. The van der Waals surface area contributed by atoms with E-state index in [4.69, 9.17) is 5.11 Å². The molecule has 2 N–H and O–H groups in total. The van der Waals surface area contributed by atoms with Crippen LogP contribution in [-0.4, -0.2) is 49.9 Å². The molecule has 106 valence electrons. The van der Waals surface area contributed by atoms with Crippen molar-refractivity contribution in [3.63, 3.8) is 0 Å². The van der Waals surface area contributed by atoms with Crippen LogP contribution >= 0.6 is 0 Å². The summed E-state index contributed by atoms with van der Waals surface area (Å²) in [6.07, 6.45) is 0.519. The molecule has 0 bridgehead atoms. The van der Waals surface area contributed by atoms with Gasteiger partial charge in [0.1, 0.15) is 11.8 Å². The predicted octanol–water partition coefficient (Wildman–Crippen LogP) is 0.0791. The van der Waals surface area contributed by atoms with E-state index in [9.17, 15) is 18.0 Å². The molecule has 0 amide bonds. The molecule has 0 aromatic rings. The molecule has 0 aromatic heterocycles. The Balaban J connectivity index is 4.97. The number of carbonyl (C=O) groups excluding carboxylic acids is 1. The second kappa shape index (κ2) is 6.84. The van der Waals surface area contributed by atoms with Gasteiger partial charge in [0.2, 0.25) is 0 Å². The maximum atomic E-state index is 11.9. The summed E-state index contributed by atoms with van der Waals surface area (Å²) in [5.74, 6) is -1.75. The third-order valence-corrected chi connectivity index (χ3v) is 4.58. The quantitative estimate of drug-likeness (QED) is 0.580. The van der Waals surface area contributed by atoms with Gasteiger partial charge in [0, 0.05) is 6.42 Å². The lowest BCUT2D eigenvalue weighted by Gasteiger charge is -2.26. The minimum Gasteiger partial charge on any atom is -0.480 e. The topological polar surface area (TPSA) is 101 Å². The van der Waals surface area contributed by atoms with Crippen LogP contribution in [0.2, 0.25) is 0 Å². The Morgan fingerprint density at radius 1 is 1.44 bits per heavy atom. The van der Waals surface area contributed by atoms with Crippen molar-refractivity contribution in [1.82, 2.24) is 5.32 Å². The van der Waals surface area contributed by atoms with Crippen molar-refractivity contribution in [2.24, 2.45) is 5.92 Å². The molecule has 6 nitrogen and oxygen atoms in total. The summed E-state index contributed by atoms with van der Waals surface area (Å²) >= 11 is 0. The molecule has 0 fully saturated rings. The fourth-order valence-corrected chi connectivity index (χ4v) is 3.61. The fraction of sp³-hybridized carbons (Fsp3) is 0.818. The number of carboxylic acid groups (broad SMARTS) is 1. The van der Waals surface area contributed by atoms with Gasteiger partial charge in [-0.2, -0.15) is 0 Å². The summed E-state index contributed by atoms with van der Waals surface area (Å²) in [5, 5.41) is 11.6. The Kier molecular flexibility index (Phi) is 6.48. The Labute approximate surface area is 108 Å². The van der Waals surface area contributed by atoms with Gasteiger partial charge in [0.15, 0.2) is 9.84 Å². The van der Waals surface area contributed by atoms with Crippen molar-refractivity contribution in [3.8, 4) is 0 Å². The van der Waals surface area contributed by atoms with Crippen LogP contribution in [0.1, 0.15) is 26.7 Å². The van der Waals surface area contributed by atoms with Crippen LogP contribution in [0.3, 0.4) is 0 Å². The van der Waals surface area contributed by atoms with Crippen LogP contribution in [-0.2, 0) is 19.4 Å². The van der Waals surface area contributed by atoms with Crippen LogP contribution in [0, 0.1) is 5.92 Å². The summed E-state index contributed by atoms with van der Waals surface area (Å²) in [7, 11) is -2.17. The molecule has 0 aliphatic rings. The Morgan fingerprint density at radius 3 is 2.33 bits per heavy atom. The number of sulfone groups is 1. The maximum Gasteiger partial charge on any atom is 0.325 e. The average Bonchev–Trinajstić information content (AvgIpc) is 2.25. The van der Waals surface area contributed by atoms with E-state index in [1.807, 2.05) is 13.8 Å². The van der Waals surface area contributed by atoms with Crippen LogP contribution < -0.4 is 5.32 Å². The zero-order valence-electron chi connectivity index (χ0n) is 11.0. The van der Waals surface area contributed by atoms with Crippen LogP contribution in [0.15, 0.2) is 0 Å². The number of rotatable bonds is 9. The lowest BCUT2D eigenvalue weighted by Crippen LogP contribution is -2.55. The SMILES string of the molecule is CNC(CC=O)(CS(=O)(=O)CCC(C)C)C(=O)O. The zero-order chi connectivity index (χ0) is 14.4. The van der Waals surface area contributed by atoms with Crippen molar-refractivity contribution in [1.29, 1.82) is 0 Å². The normalized spacial score (nSPS) is 15.3. The third-order valence-electron chi connectivity index (χ3n) is 2.79. The molecule has 1 atom stereocenters. The number of aldehydes is 1. The smallest absolute Gasteiger partial charge is 0.325 e. The minimum atomic E-state index is -3.52. The first kappa shape index (κ1) is 17.1. The first-order valence-corrected chi connectivity index (χ1v) is 7.57. The number of carbonyl (C=O) groups is 2. The van der Waals surface area contributed by atoms with Crippen LogP contribution in [0.5, 0.6) is 0 Å². The molecule has 0 rings (SSSR count). The summed E-state index contributed by atoms with van der Waals surface area (Å²) in [6.45, 7) is 3.78. The van der Waals surface area contributed by atoms with E-state index in [0.717, 1.165) is 0 Å². The highest BCUT2D eigenvalue weighted by Crippen LogP contribution is 2.15. The number of aliphatic carboxylic acids is 1. The van der Waals surface area contributed by atoms with E-state index >= 15 is 0 Å². The number of likely N-dealkylation sites (N-methyl/N-ethyl adjacent to an activating group) is 1. The largest absolute Gasteiger partial charge is 0.480 e.